The molecule has 0 spiro atoms. The van der Waals surface area contributed by atoms with Crippen molar-refractivity contribution in [3.63, 3.8) is 0 Å². The number of nitrogens with zero attached hydrogens (tertiary/aromatic N) is 2. The Labute approximate surface area is 178 Å². The van der Waals surface area contributed by atoms with Crippen LogP contribution in [0.2, 0.25) is 0 Å². The third-order valence-electron chi connectivity index (χ3n) is 3.82. The molecule has 152 valence electrons. The fourth-order valence-electron chi connectivity index (χ4n) is 2.32. The maximum absolute atomic E-state index is 12.3. The van der Waals surface area contributed by atoms with Gasteiger partial charge in [0, 0.05) is 23.6 Å². The van der Waals surface area contributed by atoms with E-state index in [2.05, 4.69) is 20.2 Å². The van der Waals surface area contributed by atoms with Gasteiger partial charge in [0.15, 0.2) is 0 Å². The van der Waals surface area contributed by atoms with Crippen LogP contribution in [0.15, 0.2) is 58.9 Å². The molecule has 1 heterocycles. The number of carbonyl (C=O) groups is 1. The third kappa shape index (κ3) is 6.36. The van der Waals surface area contributed by atoms with Gasteiger partial charge in [0.05, 0.1) is 0 Å². The van der Waals surface area contributed by atoms with Crippen molar-refractivity contribution in [2.45, 2.75) is 17.0 Å². The van der Waals surface area contributed by atoms with Crippen LogP contribution >= 0.6 is 23.1 Å². The molecule has 1 aromatic heterocycles. The van der Waals surface area contributed by atoms with Crippen molar-refractivity contribution in [3.8, 4) is 0 Å². The molecule has 2 N–H and O–H groups in total. The number of aryl methyl sites for hydroxylation is 1. The first kappa shape index (κ1) is 21.4. The summed E-state index contributed by atoms with van der Waals surface area (Å²) in [5.74, 6) is 1.08. The molecule has 3 aromatic rings. The maximum atomic E-state index is 12.3. The number of hydrogen-bond acceptors (Lipinski definition) is 7. The van der Waals surface area contributed by atoms with E-state index in [1.165, 1.54) is 5.56 Å². The zero-order valence-corrected chi connectivity index (χ0v) is 18.1. The molecule has 0 saturated heterocycles. The van der Waals surface area contributed by atoms with Gasteiger partial charge in [-0.1, -0.05) is 59.4 Å². The highest BCUT2D eigenvalue weighted by molar-refractivity contribution is 7.98. The Bertz CT molecular complexity index is 1050. The first-order valence-electron chi connectivity index (χ1n) is 8.77. The lowest BCUT2D eigenvalue weighted by Crippen LogP contribution is -2.26. The summed E-state index contributed by atoms with van der Waals surface area (Å²) < 4.78 is 27.0. The molecule has 0 unspecified atom stereocenters. The van der Waals surface area contributed by atoms with Gasteiger partial charge in [0.1, 0.15) is 0 Å². The Hall–Kier alpha value is -2.27. The average molecular weight is 449 g/mol. The van der Waals surface area contributed by atoms with Gasteiger partial charge in [-0.2, -0.15) is 11.8 Å². The van der Waals surface area contributed by atoms with Crippen LogP contribution in [0.4, 0.5) is 5.13 Å². The fraction of sp³-hybridized carbons (Fsp3) is 0.211. The molecule has 0 fully saturated rings. The Balaban J connectivity index is 1.49. The van der Waals surface area contributed by atoms with Gasteiger partial charge in [-0.3, -0.25) is 10.1 Å². The predicted molar refractivity (Wildman–Crippen MR) is 117 cm³/mol. The van der Waals surface area contributed by atoms with Gasteiger partial charge >= 0.3 is 0 Å². The highest BCUT2D eigenvalue weighted by atomic mass is 32.2. The lowest BCUT2D eigenvalue weighted by Gasteiger charge is -2.04. The van der Waals surface area contributed by atoms with Gasteiger partial charge < -0.3 is 0 Å². The molecule has 7 nitrogen and oxygen atoms in total. The summed E-state index contributed by atoms with van der Waals surface area (Å²) in [4.78, 5) is 12.2. The number of aromatic nitrogens is 2. The van der Waals surface area contributed by atoms with E-state index in [1.54, 1.807) is 23.9 Å². The number of hydrogen-bond donors (Lipinski definition) is 2. The quantitative estimate of drug-likeness (QED) is 0.385. The average Bonchev–Trinajstić information content (AvgIpc) is 3.18. The van der Waals surface area contributed by atoms with Crippen LogP contribution in [0, 0.1) is 6.92 Å². The molecular weight excluding hydrogens is 428 g/mol. The van der Waals surface area contributed by atoms with Gasteiger partial charge in [0.25, 0.3) is 15.9 Å². The lowest BCUT2D eigenvalue weighted by molar-refractivity contribution is 0.102. The first-order chi connectivity index (χ1) is 13.9. The highest BCUT2D eigenvalue weighted by Gasteiger charge is 2.20. The molecule has 10 heteroatoms. The summed E-state index contributed by atoms with van der Waals surface area (Å²) in [6.07, 6.45) is 0. The van der Waals surface area contributed by atoms with Crippen molar-refractivity contribution in [1.29, 1.82) is 0 Å². The van der Waals surface area contributed by atoms with E-state index in [-0.39, 0.29) is 21.9 Å². The van der Waals surface area contributed by atoms with Crippen LogP contribution in [0.3, 0.4) is 0 Å². The molecule has 0 atom stereocenters. The molecule has 2 aromatic carbocycles. The van der Waals surface area contributed by atoms with Crippen LogP contribution in [0.1, 0.15) is 21.5 Å². The summed E-state index contributed by atoms with van der Waals surface area (Å²) in [5.41, 5.74) is 2.70. The zero-order valence-electron chi connectivity index (χ0n) is 15.7. The number of sulfonamides is 1. The number of nitrogens with one attached hydrogen (secondary N) is 2. The Morgan fingerprint density at radius 1 is 1.07 bits per heavy atom. The van der Waals surface area contributed by atoms with E-state index in [0.717, 1.165) is 22.7 Å². The van der Waals surface area contributed by atoms with E-state index in [9.17, 15) is 13.2 Å². The van der Waals surface area contributed by atoms with Crippen LogP contribution in [-0.4, -0.2) is 36.8 Å². The molecular formula is C19H20N4O3S3. The normalized spacial score (nSPS) is 11.3. The first-order valence-corrected chi connectivity index (χ1v) is 12.2. The van der Waals surface area contributed by atoms with Crippen molar-refractivity contribution < 1.29 is 13.2 Å². The van der Waals surface area contributed by atoms with Crippen molar-refractivity contribution in [1.82, 2.24) is 14.9 Å². The summed E-state index contributed by atoms with van der Waals surface area (Å²) in [5, 5.41) is 10.2. The van der Waals surface area contributed by atoms with Crippen LogP contribution in [0.25, 0.3) is 0 Å². The Morgan fingerprint density at radius 2 is 1.79 bits per heavy atom. The number of benzene rings is 2. The van der Waals surface area contributed by atoms with E-state index < -0.39 is 10.0 Å². The van der Waals surface area contributed by atoms with Gasteiger partial charge in [-0.25, -0.2) is 13.1 Å². The minimum atomic E-state index is -3.76. The largest absolute Gasteiger partial charge is 0.296 e. The Kier molecular flexibility index (Phi) is 7.37. The van der Waals surface area contributed by atoms with E-state index >= 15 is 0 Å². The van der Waals surface area contributed by atoms with E-state index in [1.807, 2.05) is 49.4 Å². The summed E-state index contributed by atoms with van der Waals surface area (Å²) in [7, 11) is -3.76. The minimum absolute atomic E-state index is 0.134. The van der Waals surface area contributed by atoms with Crippen LogP contribution in [0.5, 0.6) is 0 Å². The monoisotopic (exact) mass is 448 g/mol. The number of rotatable bonds is 9. The second kappa shape index (κ2) is 9.97. The lowest BCUT2D eigenvalue weighted by atomic mass is 10.1. The molecule has 0 radical (unpaired) electrons. The molecule has 3 rings (SSSR count). The number of amides is 1. The fourth-order valence-corrected chi connectivity index (χ4v) is 5.23. The van der Waals surface area contributed by atoms with Gasteiger partial charge in [-0.05, 0) is 24.6 Å². The molecule has 0 aliphatic heterocycles. The molecule has 0 bridgehead atoms. The zero-order chi connectivity index (χ0) is 20.7. The maximum Gasteiger partial charge on any atom is 0.269 e. The second-order valence-corrected chi connectivity index (χ2v) is 10.2. The summed E-state index contributed by atoms with van der Waals surface area (Å²) in [6.45, 7) is 2.21. The van der Waals surface area contributed by atoms with Gasteiger partial charge in [-0.15, -0.1) is 10.2 Å². The number of carbonyl (C=O) groups excluding carboxylic acids is 1. The van der Waals surface area contributed by atoms with Crippen LogP contribution in [-0.2, 0) is 15.8 Å². The highest BCUT2D eigenvalue weighted by Crippen LogP contribution is 2.20. The molecule has 0 saturated carbocycles. The van der Waals surface area contributed by atoms with Crippen molar-refractivity contribution in [2.24, 2.45) is 0 Å². The molecule has 29 heavy (non-hydrogen) atoms. The predicted octanol–water partition coefficient (Wildman–Crippen LogP) is 3.31. The molecule has 0 aliphatic rings. The SMILES string of the molecule is Cc1ccc(C(=O)Nc2nnc(S(=O)(=O)NCCSCc3ccccc3)s2)cc1. The third-order valence-corrected chi connectivity index (χ3v) is 7.52. The van der Waals surface area contributed by atoms with E-state index in [4.69, 9.17) is 0 Å². The standard InChI is InChI=1S/C19H20N4O3S3/c1-14-7-9-16(10-8-14)17(24)21-18-22-23-19(28-18)29(25,26)20-11-12-27-13-15-5-3-2-4-6-15/h2-10,20H,11-13H2,1H3,(H,21,22,24). The van der Waals surface area contributed by atoms with Crippen LogP contribution < -0.4 is 10.0 Å². The van der Waals surface area contributed by atoms with Crippen molar-refractivity contribution in [3.05, 3.63) is 71.3 Å². The molecule has 1 amide bonds. The minimum Gasteiger partial charge on any atom is -0.296 e. The van der Waals surface area contributed by atoms with Crippen molar-refractivity contribution >= 4 is 44.2 Å². The molecule has 0 aliphatic carbocycles. The Morgan fingerprint density at radius 3 is 2.52 bits per heavy atom. The topological polar surface area (TPSA) is 101 Å². The number of anilines is 1. The summed E-state index contributed by atoms with van der Waals surface area (Å²) in [6, 6.07) is 17.0. The van der Waals surface area contributed by atoms with Crippen molar-refractivity contribution in [2.75, 3.05) is 17.6 Å². The van der Waals surface area contributed by atoms with E-state index in [0.29, 0.717) is 11.3 Å². The second-order valence-electron chi connectivity index (χ2n) is 6.13. The summed E-state index contributed by atoms with van der Waals surface area (Å²) >= 11 is 2.45. The van der Waals surface area contributed by atoms with Gasteiger partial charge in [0.2, 0.25) is 9.47 Å². The number of thioether (sulfide) groups is 1. The smallest absolute Gasteiger partial charge is 0.269 e.